The molecular weight excluding hydrogens is 277 g/mol. The second-order valence-corrected chi connectivity index (χ2v) is 4.02. The smallest absolute Gasteiger partial charge is 0.271 e. The highest BCUT2D eigenvalue weighted by Crippen LogP contribution is 2.10. The highest BCUT2D eigenvalue weighted by molar-refractivity contribution is 5.92. The van der Waals surface area contributed by atoms with Gasteiger partial charge in [-0.15, -0.1) is 10.2 Å². The number of carbonyl (C=O) groups is 1. The van der Waals surface area contributed by atoms with Crippen LogP contribution in [0.5, 0.6) is 11.6 Å². The molecule has 2 rings (SSSR count). The van der Waals surface area contributed by atoms with Crippen molar-refractivity contribution in [1.82, 2.24) is 15.5 Å². The number of ether oxygens (including phenoxy) is 2. The van der Waals surface area contributed by atoms with E-state index in [0.29, 0.717) is 18.2 Å². The number of rotatable bonds is 6. The van der Waals surface area contributed by atoms with Gasteiger partial charge in [-0.05, 0) is 30.3 Å². The Hall–Kier alpha value is -2.70. The summed E-state index contributed by atoms with van der Waals surface area (Å²) in [5.41, 5.74) is 0.192. The van der Waals surface area contributed by atoms with Crippen molar-refractivity contribution < 1.29 is 18.7 Å². The van der Waals surface area contributed by atoms with Crippen molar-refractivity contribution in [3.63, 3.8) is 0 Å². The third-order valence-corrected chi connectivity index (χ3v) is 2.55. The van der Waals surface area contributed by atoms with Crippen molar-refractivity contribution in [2.45, 2.75) is 0 Å². The summed E-state index contributed by atoms with van der Waals surface area (Å²) < 4.78 is 22.9. The Morgan fingerprint density at radius 2 is 1.95 bits per heavy atom. The van der Waals surface area contributed by atoms with E-state index in [-0.39, 0.29) is 24.0 Å². The van der Waals surface area contributed by atoms with Crippen molar-refractivity contribution in [2.24, 2.45) is 0 Å². The van der Waals surface area contributed by atoms with Crippen LogP contribution < -0.4 is 14.8 Å². The van der Waals surface area contributed by atoms with Gasteiger partial charge in [-0.2, -0.15) is 0 Å². The Morgan fingerprint density at radius 1 is 1.19 bits per heavy atom. The summed E-state index contributed by atoms with van der Waals surface area (Å²) in [5.74, 6) is 0.197. The molecule has 6 nitrogen and oxygen atoms in total. The van der Waals surface area contributed by atoms with E-state index in [1.807, 2.05) is 0 Å². The SMILES string of the molecule is COc1ccc(C(=O)NCCOc2ccc(F)cc2)nn1. The maximum absolute atomic E-state index is 12.7. The van der Waals surface area contributed by atoms with E-state index >= 15 is 0 Å². The van der Waals surface area contributed by atoms with Gasteiger partial charge in [0.15, 0.2) is 5.69 Å². The first kappa shape index (κ1) is 14.7. The summed E-state index contributed by atoms with van der Waals surface area (Å²) in [5, 5.41) is 10.1. The van der Waals surface area contributed by atoms with Crippen molar-refractivity contribution in [3.8, 4) is 11.6 Å². The van der Waals surface area contributed by atoms with Gasteiger partial charge in [-0.3, -0.25) is 4.79 Å². The summed E-state index contributed by atoms with van der Waals surface area (Å²) in [7, 11) is 1.47. The van der Waals surface area contributed by atoms with Gasteiger partial charge in [-0.1, -0.05) is 0 Å². The summed E-state index contributed by atoms with van der Waals surface area (Å²) in [6.07, 6.45) is 0. The lowest BCUT2D eigenvalue weighted by Gasteiger charge is -2.07. The van der Waals surface area contributed by atoms with Crippen LogP contribution in [0.3, 0.4) is 0 Å². The third kappa shape index (κ3) is 4.41. The van der Waals surface area contributed by atoms with Crippen LogP contribution in [0.15, 0.2) is 36.4 Å². The van der Waals surface area contributed by atoms with Crippen molar-refractivity contribution in [2.75, 3.05) is 20.3 Å². The molecular formula is C14H14FN3O3. The fraction of sp³-hybridized carbons (Fsp3) is 0.214. The van der Waals surface area contributed by atoms with Gasteiger partial charge in [0.1, 0.15) is 18.2 Å². The van der Waals surface area contributed by atoms with Crippen LogP contribution in [0, 0.1) is 5.82 Å². The fourth-order valence-corrected chi connectivity index (χ4v) is 1.50. The maximum Gasteiger partial charge on any atom is 0.271 e. The van der Waals surface area contributed by atoms with E-state index in [4.69, 9.17) is 9.47 Å². The molecule has 0 radical (unpaired) electrons. The maximum atomic E-state index is 12.7. The zero-order valence-electron chi connectivity index (χ0n) is 11.4. The topological polar surface area (TPSA) is 73.3 Å². The Kier molecular flexibility index (Phi) is 5.03. The molecule has 1 N–H and O–H groups in total. The molecule has 0 atom stereocenters. The van der Waals surface area contributed by atoms with Crippen LogP contribution >= 0.6 is 0 Å². The van der Waals surface area contributed by atoms with Gasteiger partial charge in [0, 0.05) is 6.07 Å². The molecule has 0 aliphatic heterocycles. The van der Waals surface area contributed by atoms with Gasteiger partial charge < -0.3 is 14.8 Å². The molecule has 0 saturated carbocycles. The second kappa shape index (κ2) is 7.18. The molecule has 21 heavy (non-hydrogen) atoms. The Bertz CT molecular complexity index is 587. The minimum atomic E-state index is -0.354. The van der Waals surface area contributed by atoms with E-state index in [9.17, 15) is 9.18 Å². The number of nitrogens with one attached hydrogen (secondary N) is 1. The van der Waals surface area contributed by atoms with Crippen molar-refractivity contribution in [3.05, 3.63) is 47.9 Å². The molecule has 1 aromatic heterocycles. The standard InChI is InChI=1S/C14H14FN3O3/c1-20-13-7-6-12(17-18-13)14(19)16-8-9-21-11-4-2-10(15)3-5-11/h2-7H,8-9H2,1H3,(H,16,19). The molecule has 7 heteroatoms. The number of methoxy groups -OCH3 is 1. The first-order valence-corrected chi connectivity index (χ1v) is 6.23. The number of amides is 1. The average molecular weight is 291 g/mol. The van der Waals surface area contributed by atoms with E-state index in [2.05, 4.69) is 15.5 Å². The summed E-state index contributed by atoms with van der Waals surface area (Å²) in [6, 6.07) is 8.72. The molecule has 1 heterocycles. The Labute approximate surface area is 120 Å². The predicted molar refractivity (Wildman–Crippen MR) is 72.8 cm³/mol. The van der Waals surface area contributed by atoms with Gasteiger partial charge in [0.25, 0.3) is 5.91 Å². The quantitative estimate of drug-likeness (QED) is 0.815. The minimum Gasteiger partial charge on any atom is -0.492 e. The lowest BCUT2D eigenvalue weighted by molar-refractivity contribution is 0.0940. The normalized spacial score (nSPS) is 10.0. The predicted octanol–water partition coefficient (Wildman–Crippen LogP) is 1.43. The van der Waals surface area contributed by atoms with Crippen LogP contribution in [0.4, 0.5) is 4.39 Å². The van der Waals surface area contributed by atoms with Crippen molar-refractivity contribution >= 4 is 5.91 Å². The molecule has 1 amide bonds. The van der Waals surface area contributed by atoms with Crippen LogP contribution in [0.1, 0.15) is 10.5 Å². The van der Waals surface area contributed by atoms with E-state index < -0.39 is 0 Å². The number of hydrogen-bond donors (Lipinski definition) is 1. The summed E-state index contributed by atoms with van der Waals surface area (Å²) >= 11 is 0. The second-order valence-electron chi connectivity index (χ2n) is 4.02. The summed E-state index contributed by atoms with van der Waals surface area (Å²) in [4.78, 5) is 11.7. The van der Waals surface area contributed by atoms with Gasteiger partial charge in [0.05, 0.1) is 13.7 Å². The fourth-order valence-electron chi connectivity index (χ4n) is 1.50. The van der Waals surface area contributed by atoms with Gasteiger partial charge in [0.2, 0.25) is 5.88 Å². The largest absolute Gasteiger partial charge is 0.492 e. The first-order chi connectivity index (χ1) is 10.2. The zero-order valence-corrected chi connectivity index (χ0v) is 11.4. The molecule has 0 aliphatic carbocycles. The van der Waals surface area contributed by atoms with Crippen LogP contribution in [0.2, 0.25) is 0 Å². The molecule has 0 bridgehead atoms. The van der Waals surface area contributed by atoms with Gasteiger partial charge in [-0.25, -0.2) is 4.39 Å². The number of hydrogen-bond acceptors (Lipinski definition) is 5. The minimum absolute atomic E-state index is 0.192. The molecule has 2 aromatic rings. The lowest BCUT2D eigenvalue weighted by Crippen LogP contribution is -2.29. The first-order valence-electron chi connectivity index (χ1n) is 6.23. The monoisotopic (exact) mass is 291 g/mol. The molecule has 0 unspecified atom stereocenters. The molecule has 0 fully saturated rings. The van der Waals surface area contributed by atoms with Crippen LogP contribution in [-0.2, 0) is 0 Å². The Balaban J connectivity index is 1.74. The lowest BCUT2D eigenvalue weighted by atomic mass is 10.3. The highest BCUT2D eigenvalue weighted by Gasteiger charge is 2.07. The third-order valence-electron chi connectivity index (χ3n) is 2.55. The van der Waals surface area contributed by atoms with E-state index in [0.717, 1.165) is 0 Å². The van der Waals surface area contributed by atoms with E-state index in [1.165, 1.54) is 37.4 Å². The van der Waals surface area contributed by atoms with Crippen LogP contribution in [-0.4, -0.2) is 36.4 Å². The van der Waals surface area contributed by atoms with Gasteiger partial charge >= 0.3 is 0 Å². The molecule has 0 aliphatic rings. The van der Waals surface area contributed by atoms with Crippen LogP contribution in [0.25, 0.3) is 0 Å². The number of aromatic nitrogens is 2. The molecule has 0 spiro atoms. The number of carbonyl (C=O) groups excluding carboxylic acids is 1. The highest BCUT2D eigenvalue weighted by atomic mass is 19.1. The van der Waals surface area contributed by atoms with Crippen molar-refractivity contribution in [1.29, 1.82) is 0 Å². The molecule has 0 saturated heterocycles. The zero-order chi connectivity index (χ0) is 15.1. The number of benzene rings is 1. The summed E-state index contributed by atoms with van der Waals surface area (Å²) in [6.45, 7) is 0.560. The molecule has 1 aromatic carbocycles. The Morgan fingerprint density at radius 3 is 2.57 bits per heavy atom. The molecule has 110 valence electrons. The average Bonchev–Trinajstić information content (AvgIpc) is 2.53. The van der Waals surface area contributed by atoms with E-state index in [1.54, 1.807) is 6.07 Å². The number of halogens is 1. The number of nitrogens with zero attached hydrogens (tertiary/aromatic N) is 2.